The molecule has 3 N–H and O–H groups in total. The van der Waals surface area contributed by atoms with E-state index in [-0.39, 0.29) is 0 Å². The van der Waals surface area contributed by atoms with E-state index in [9.17, 15) is 29.4 Å². The predicted octanol–water partition coefficient (Wildman–Crippen LogP) is 2.94. The Bertz CT molecular complexity index is 767. The summed E-state index contributed by atoms with van der Waals surface area (Å²) in [5, 5.41) is 22.8. The van der Waals surface area contributed by atoms with Crippen molar-refractivity contribution < 1.29 is 34.1 Å². The van der Waals surface area contributed by atoms with Crippen LogP contribution in [0.1, 0.15) is 62.3 Å². The maximum Gasteiger partial charge on any atom is 0.408 e. The lowest BCUT2D eigenvalue weighted by Crippen LogP contribution is -2.69. The fourth-order valence-corrected chi connectivity index (χ4v) is 5.83. The minimum atomic E-state index is -2.11. The molecule has 0 aromatic rings. The Hall–Kier alpha value is -2.12. The van der Waals surface area contributed by atoms with Crippen molar-refractivity contribution >= 4 is 23.8 Å². The molecule has 2 aliphatic rings. The number of carboxylic acids is 2. The quantitative estimate of drug-likeness (QED) is 0.651. The van der Waals surface area contributed by atoms with Crippen LogP contribution >= 0.6 is 0 Å². The van der Waals surface area contributed by atoms with Crippen LogP contribution in [0.4, 0.5) is 4.79 Å². The lowest BCUT2D eigenvalue weighted by atomic mass is 9.57. The summed E-state index contributed by atoms with van der Waals surface area (Å²) in [7, 11) is 0. The third-order valence-electron chi connectivity index (χ3n) is 6.29. The van der Waals surface area contributed by atoms with E-state index in [1.54, 1.807) is 62.3 Å². The number of nitrogens with one attached hydrogen (secondary N) is 1. The number of Topliss-reactive ketones (excluding diaryl/α,β-unsaturated/α-hetero) is 1. The molecule has 0 bridgehead atoms. The molecular weight excluding hydrogens is 378 g/mol. The third-order valence-corrected chi connectivity index (χ3v) is 6.29. The van der Waals surface area contributed by atoms with Crippen molar-refractivity contribution in [1.82, 2.24) is 5.32 Å². The molecule has 8 nitrogen and oxygen atoms in total. The number of ether oxygens (including phenoxy) is 1. The lowest BCUT2D eigenvalue weighted by Gasteiger charge is -2.49. The summed E-state index contributed by atoms with van der Waals surface area (Å²) in [5.41, 5.74) is -6.23. The fraction of sp³-hybridized carbons (Fsp3) is 0.810. The van der Waals surface area contributed by atoms with Crippen LogP contribution in [0.25, 0.3) is 0 Å². The highest BCUT2D eigenvalue weighted by molar-refractivity contribution is 6.08. The number of aliphatic carboxylic acids is 2. The smallest absolute Gasteiger partial charge is 0.408 e. The van der Waals surface area contributed by atoms with Crippen molar-refractivity contribution in [1.29, 1.82) is 0 Å². The zero-order valence-electron chi connectivity index (χ0n) is 18.7. The minimum absolute atomic E-state index is 0.432. The second kappa shape index (κ2) is 6.19. The van der Waals surface area contributed by atoms with E-state index in [1.165, 1.54) is 0 Å². The summed E-state index contributed by atoms with van der Waals surface area (Å²) in [6.45, 7) is 15.2. The molecule has 1 amide bonds. The van der Waals surface area contributed by atoms with Gasteiger partial charge in [0.15, 0.2) is 5.54 Å². The standard InChI is InChI=1S/C21H33NO7/c1-17(2,3)13-12(23)10-11(14(24)25)20(10,18(4,5)6)21(13,15(26)27)22-16(28)29-19(7,8)9/h10-11,13H,1-9H3,(H,22,28)(H,24,25)(H,26,27)/t10-,11-,13?,20-,21+/m0/s1. The Balaban J connectivity index is 2.81. The molecule has 0 aliphatic heterocycles. The lowest BCUT2D eigenvalue weighted by molar-refractivity contribution is -0.162. The van der Waals surface area contributed by atoms with Crippen molar-refractivity contribution in [2.75, 3.05) is 0 Å². The van der Waals surface area contributed by atoms with Crippen molar-refractivity contribution in [3.63, 3.8) is 0 Å². The summed E-state index contributed by atoms with van der Waals surface area (Å²) in [6, 6.07) is 0. The summed E-state index contributed by atoms with van der Waals surface area (Å²) in [6.07, 6.45) is -0.984. The van der Waals surface area contributed by atoms with E-state index in [1.807, 2.05) is 0 Å². The van der Waals surface area contributed by atoms with Crippen LogP contribution in [0, 0.1) is 34.0 Å². The van der Waals surface area contributed by atoms with Gasteiger partial charge in [-0.2, -0.15) is 0 Å². The first kappa shape index (κ1) is 23.2. The van der Waals surface area contributed by atoms with Crippen molar-refractivity contribution in [3.8, 4) is 0 Å². The molecule has 0 spiro atoms. The van der Waals surface area contributed by atoms with E-state index in [0.29, 0.717) is 0 Å². The monoisotopic (exact) mass is 411 g/mol. The van der Waals surface area contributed by atoms with Gasteiger partial charge in [-0.15, -0.1) is 0 Å². The molecule has 0 saturated heterocycles. The van der Waals surface area contributed by atoms with Crippen LogP contribution < -0.4 is 5.32 Å². The van der Waals surface area contributed by atoms with Gasteiger partial charge in [-0.3, -0.25) is 9.59 Å². The van der Waals surface area contributed by atoms with Crippen LogP contribution in [-0.2, 0) is 19.1 Å². The summed E-state index contributed by atoms with van der Waals surface area (Å²) < 4.78 is 5.32. The zero-order chi connectivity index (χ0) is 23.0. The summed E-state index contributed by atoms with van der Waals surface area (Å²) in [5.74, 6) is -6.38. The number of rotatable bonds is 3. The van der Waals surface area contributed by atoms with Crippen molar-refractivity contribution in [2.45, 2.75) is 73.5 Å². The van der Waals surface area contributed by atoms with Crippen LogP contribution in [0.3, 0.4) is 0 Å². The number of carboxylic acid groups (broad SMARTS) is 2. The number of ketones is 1. The Kier molecular flexibility index (Phi) is 4.94. The zero-order valence-corrected chi connectivity index (χ0v) is 18.7. The Labute approximate surface area is 171 Å². The molecule has 164 valence electrons. The Morgan fingerprint density at radius 2 is 1.45 bits per heavy atom. The Morgan fingerprint density at radius 3 is 1.76 bits per heavy atom. The molecule has 1 unspecified atom stereocenters. The van der Waals surface area contributed by atoms with Crippen LogP contribution in [0.2, 0.25) is 0 Å². The van der Waals surface area contributed by atoms with Gasteiger partial charge >= 0.3 is 18.0 Å². The molecule has 2 rings (SSSR count). The second-order valence-electron chi connectivity index (χ2n) is 11.4. The number of hydrogen-bond donors (Lipinski definition) is 3. The topological polar surface area (TPSA) is 130 Å². The van der Waals surface area contributed by atoms with Crippen molar-refractivity contribution in [2.24, 2.45) is 34.0 Å². The molecule has 29 heavy (non-hydrogen) atoms. The minimum Gasteiger partial charge on any atom is -0.481 e. The second-order valence-corrected chi connectivity index (χ2v) is 11.4. The van der Waals surface area contributed by atoms with E-state index < -0.39 is 69.0 Å². The molecular formula is C21H33NO7. The highest BCUT2D eigenvalue weighted by Crippen LogP contribution is 2.80. The first-order valence-corrected chi connectivity index (χ1v) is 9.78. The van der Waals surface area contributed by atoms with E-state index in [0.717, 1.165) is 0 Å². The number of alkyl carbamates (subject to hydrolysis) is 1. The molecule has 0 radical (unpaired) electrons. The molecule has 2 fully saturated rings. The van der Waals surface area contributed by atoms with Crippen LogP contribution in [-0.4, -0.2) is 45.2 Å². The van der Waals surface area contributed by atoms with Crippen molar-refractivity contribution in [3.05, 3.63) is 0 Å². The largest absolute Gasteiger partial charge is 0.481 e. The SMILES string of the molecule is CC(C)(C)OC(=O)N[C@@]1(C(=O)O)C(C(C)(C)C)C(=O)[C@@H]2[C@@H](C(=O)O)[C@]21C(C)(C)C. The maximum absolute atomic E-state index is 13.4. The number of carbonyl (C=O) groups excluding carboxylic acids is 2. The van der Waals surface area contributed by atoms with Gasteiger partial charge in [0.1, 0.15) is 11.4 Å². The molecule has 0 aromatic heterocycles. The predicted molar refractivity (Wildman–Crippen MR) is 104 cm³/mol. The Morgan fingerprint density at radius 1 is 0.966 bits per heavy atom. The molecule has 2 aliphatic carbocycles. The van der Waals surface area contributed by atoms with E-state index in [2.05, 4.69) is 5.32 Å². The van der Waals surface area contributed by atoms with Gasteiger partial charge in [-0.1, -0.05) is 41.5 Å². The summed E-state index contributed by atoms with van der Waals surface area (Å²) in [4.78, 5) is 51.1. The van der Waals surface area contributed by atoms with E-state index in [4.69, 9.17) is 4.74 Å². The average Bonchev–Trinajstić information content (AvgIpc) is 3.08. The van der Waals surface area contributed by atoms with Gasteiger partial charge in [-0.25, -0.2) is 9.59 Å². The fourth-order valence-electron chi connectivity index (χ4n) is 5.83. The number of amides is 1. The number of hydrogen-bond acceptors (Lipinski definition) is 5. The maximum atomic E-state index is 13.4. The molecule has 8 heteroatoms. The molecule has 5 atom stereocenters. The molecule has 0 aromatic carbocycles. The van der Waals surface area contributed by atoms with Gasteiger partial charge in [0.05, 0.1) is 11.8 Å². The van der Waals surface area contributed by atoms with Gasteiger partial charge in [-0.05, 0) is 31.6 Å². The van der Waals surface area contributed by atoms with E-state index >= 15 is 0 Å². The van der Waals surface area contributed by atoms with Gasteiger partial charge in [0, 0.05) is 11.3 Å². The van der Waals surface area contributed by atoms with Gasteiger partial charge in [0.25, 0.3) is 0 Å². The van der Waals surface area contributed by atoms with Crippen LogP contribution in [0.15, 0.2) is 0 Å². The number of fused-ring (bicyclic) bond motifs is 1. The highest BCUT2D eigenvalue weighted by atomic mass is 16.6. The molecule has 0 heterocycles. The van der Waals surface area contributed by atoms with Crippen LogP contribution in [0.5, 0.6) is 0 Å². The normalized spacial score (nSPS) is 34.4. The van der Waals surface area contributed by atoms with Gasteiger partial charge in [0.2, 0.25) is 0 Å². The van der Waals surface area contributed by atoms with Gasteiger partial charge < -0.3 is 20.3 Å². The first-order valence-electron chi connectivity index (χ1n) is 9.78. The average molecular weight is 411 g/mol. The summed E-state index contributed by atoms with van der Waals surface area (Å²) >= 11 is 0. The molecule has 2 saturated carbocycles. The number of carbonyl (C=O) groups is 4. The first-order chi connectivity index (χ1) is 12.8. The third kappa shape index (κ3) is 3.02. The highest BCUT2D eigenvalue weighted by Gasteiger charge is 2.93.